The Morgan fingerprint density at radius 2 is 2.32 bits per heavy atom. The fourth-order valence-electron chi connectivity index (χ4n) is 1.56. The Labute approximate surface area is 110 Å². The second-order valence-electron chi connectivity index (χ2n) is 4.27. The van der Waals surface area contributed by atoms with Crippen LogP contribution in [0, 0.1) is 17.1 Å². The number of hydrogen-bond donors (Lipinski definition) is 1. The minimum absolute atomic E-state index is 0.167. The van der Waals surface area contributed by atoms with E-state index in [9.17, 15) is 4.39 Å². The standard InChI is InChI=1S/C14H14FN3O/c1-3-9(2)17-14-12(8-16)18-13(19-14)10-5-4-6-11(15)7-10/h4-7,9,17H,3H2,1-2H3/t9-/m1/s1. The van der Waals surface area contributed by atoms with E-state index in [0.29, 0.717) is 11.4 Å². The van der Waals surface area contributed by atoms with E-state index >= 15 is 0 Å². The Morgan fingerprint density at radius 3 is 2.95 bits per heavy atom. The van der Waals surface area contributed by atoms with Gasteiger partial charge < -0.3 is 9.73 Å². The molecule has 19 heavy (non-hydrogen) atoms. The van der Waals surface area contributed by atoms with E-state index in [2.05, 4.69) is 10.3 Å². The number of aromatic nitrogens is 1. The van der Waals surface area contributed by atoms with E-state index in [0.717, 1.165) is 6.42 Å². The van der Waals surface area contributed by atoms with Crippen molar-refractivity contribution in [1.29, 1.82) is 5.26 Å². The summed E-state index contributed by atoms with van der Waals surface area (Å²) < 4.78 is 18.7. The fourth-order valence-corrected chi connectivity index (χ4v) is 1.56. The van der Waals surface area contributed by atoms with Crippen LogP contribution in [0.2, 0.25) is 0 Å². The van der Waals surface area contributed by atoms with Crippen molar-refractivity contribution in [2.24, 2.45) is 0 Å². The largest absolute Gasteiger partial charge is 0.419 e. The topological polar surface area (TPSA) is 61.9 Å². The Kier molecular flexibility index (Phi) is 3.81. The first-order valence-electron chi connectivity index (χ1n) is 6.07. The second kappa shape index (κ2) is 5.53. The van der Waals surface area contributed by atoms with Gasteiger partial charge in [0.25, 0.3) is 0 Å². The molecule has 1 aromatic carbocycles. The second-order valence-corrected chi connectivity index (χ2v) is 4.27. The molecule has 0 aliphatic rings. The molecule has 0 aliphatic carbocycles. The highest BCUT2D eigenvalue weighted by atomic mass is 19.1. The fraction of sp³-hybridized carbons (Fsp3) is 0.286. The number of oxazole rings is 1. The van der Waals surface area contributed by atoms with E-state index in [1.165, 1.54) is 12.1 Å². The molecule has 2 rings (SSSR count). The number of hydrogen-bond acceptors (Lipinski definition) is 4. The van der Waals surface area contributed by atoms with Gasteiger partial charge >= 0.3 is 0 Å². The first-order valence-corrected chi connectivity index (χ1v) is 6.07. The molecular weight excluding hydrogens is 245 g/mol. The highest BCUT2D eigenvalue weighted by Gasteiger charge is 2.15. The molecule has 0 saturated heterocycles. The van der Waals surface area contributed by atoms with E-state index in [4.69, 9.17) is 9.68 Å². The molecule has 2 aromatic rings. The van der Waals surface area contributed by atoms with Gasteiger partial charge in [0.1, 0.15) is 11.9 Å². The van der Waals surface area contributed by atoms with Crippen LogP contribution in [0.4, 0.5) is 10.3 Å². The average molecular weight is 259 g/mol. The third-order valence-electron chi connectivity index (χ3n) is 2.79. The number of rotatable bonds is 4. The van der Waals surface area contributed by atoms with Crippen LogP contribution in [0.5, 0.6) is 0 Å². The van der Waals surface area contributed by atoms with Crippen LogP contribution in [0.25, 0.3) is 11.5 Å². The van der Waals surface area contributed by atoms with Gasteiger partial charge in [0.05, 0.1) is 0 Å². The minimum atomic E-state index is -0.370. The summed E-state index contributed by atoms with van der Waals surface area (Å²) in [6.45, 7) is 4.00. The summed E-state index contributed by atoms with van der Waals surface area (Å²) in [4.78, 5) is 4.07. The molecule has 4 nitrogen and oxygen atoms in total. The van der Waals surface area contributed by atoms with Crippen LogP contribution in [0.3, 0.4) is 0 Å². The zero-order valence-corrected chi connectivity index (χ0v) is 10.8. The molecule has 0 aliphatic heterocycles. The molecule has 0 fully saturated rings. The van der Waals surface area contributed by atoms with E-state index in [1.54, 1.807) is 12.1 Å². The average Bonchev–Trinajstić information content (AvgIpc) is 2.81. The van der Waals surface area contributed by atoms with E-state index in [-0.39, 0.29) is 23.4 Å². The van der Waals surface area contributed by atoms with Crippen LogP contribution in [0.15, 0.2) is 28.7 Å². The van der Waals surface area contributed by atoms with Crippen LogP contribution in [0.1, 0.15) is 26.0 Å². The van der Waals surface area contributed by atoms with Gasteiger partial charge in [-0.3, -0.25) is 0 Å². The Hall–Kier alpha value is -2.35. The van der Waals surface area contributed by atoms with Crippen molar-refractivity contribution in [2.45, 2.75) is 26.3 Å². The van der Waals surface area contributed by atoms with Crippen LogP contribution >= 0.6 is 0 Å². The van der Waals surface area contributed by atoms with Crippen LogP contribution < -0.4 is 5.32 Å². The first kappa shape index (κ1) is 13.1. The highest BCUT2D eigenvalue weighted by molar-refractivity contribution is 5.58. The van der Waals surface area contributed by atoms with Crippen molar-refractivity contribution in [3.63, 3.8) is 0 Å². The Morgan fingerprint density at radius 1 is 1.53 bits per heavy atom. The van der Waals surface area contributed by atoms with Gasteiger partial charge in [-0.2, -0.15) is 10.2 Å². The summed E-state index contributed by atoms with van der Waals surface area (Å²) in [5.41, 5.74) is 0.688. The summed E-state index contributed by atoms with van der Waals surface area (Å²) in [6.07, 6.45) is 0.890. The Bertz CT molecular complexity index is 615. The van der Waals surface area contributed by atoms with Crippen LogP contribution in [-0.2, 0) is 0 Å². The monoisotopic (exact) mass is 259 g/mol. The van der Waals surface area contributed by atoms with Gasteiger partial charge in [-0.25, -0.2) is 4.39 Å². The SMILES string of the molecule is CC[C@@H](C)Nc1oc(-c2cccc(F)c2)nc1C#N. The van der Waals surface area contributed by atoms with Gasteiger partial charge in [0.15, 0.2) is 0 Å². The summed E-state index contributed by atoms with van der Waals surface area (Å²) in [6, 6.07) is 8.05. The maximum absolute atomic E-state index is 13.2. The third-order valence-corrected chi connectivity index (χ3v) is 2.79. The molecule has 1 atom stereocenters. The molecule has 1 heterocycles. The van der Waals surface area contributed by atoms with Crippen molar-refractivity contribution >= 4 is 5.88 Å². The third kappa shape index (κ3) is 2.91. The number of benzene rings is 1. The predicted octanol–water partition coefficient (Wildman–Crippen LogP) is 3.56. The van der Waals surface area contributed by atoms with Gasteiger partial charge in [-0.1, -0.05) is 13.0 Å². The van der Waals surface area contributed by atoms with Crippen LogP contribution in [-0.4, -0.2) is 11.0 Å². The quantitative estimate of drug-likeness (QED) is 0.911. The molecular formula is C14H14FN3O. The van der Waals surface area contributed by atoms with Gasteiger partial charge in [-0.15, -0.1) is 0 Å². The normalized spacial score (nSPS) is 11.9. The van der Waals surface area contributed by atoms with Crippen molar-refractivity contribution < 1.29 is 8.81 Å². The number of nitriles is 1. The predicted molar refractivity (Wildman–Crippen MR) is 70.0 cm³/mol. The smallest absolute Gasteiger partial charge is 0.232 e. The van der Waals surface area contributed by atoms with E-state index in [1.807, 2.05) is 19.9 Å². The number of anilines is 1. The molecule has 98 valence electrons. The van der Waals surface area contributed by atoms with Gasteiger partial charge in [0.2, 0.25) is 17.5 Å². The van der Waals surface area contributed by atoms with E-state index < -0.39 is 0 Å². The molecule has 0 saturated carbocycles. The number of halogens is 1. The molecule has 0 amide bonds. The van der Waals surface area contributed by atoms with Crippen molar-refractivity contribution in [3.05, 3.63) is 35.8 Å². The lowest BCUT2D eigenvalue weighted by Gasteiger charge is -2.09. The highest BCUT2D eigenvalue weighted by Crippen LogP contribution is 2.26. The lowest BCUT2D eigenvalue weighted by Crippen LogP contribution is -2.13. The first-order chi connectivity index (χ1) is 9.13. The molecule has 0 radical (unpaired) electrons. The maximum Gasteiger partial charge on any atom is 0.232 e. The minimum Gasteiger partial charge on any atom is -0.419 e. The zero-order valence-electron chi connectivity index (χ0n) is 10.8. The zero-order chi connectivity index (χ0) is 13.8. The molecule has 0 unspecified atom stereocenters. The molecule has 5 heteroatoms. The van der Waals surface area contributed by atoms with Crippen molar-refractivity contribution in [1.82, 2.24) is 4.98 Å². The summed E-state index contributed by atoms with van der Waals surface area (Å²) >= 11 is 0. The molecule has 1 aromatic heterocycles. The summed E-state index contributed by atoms with van der Waals surface area (Å²) in [5.74, 6) is 0.198. The van der Waals surface area contributed by atoms with Gasteiger partial charge in [-0.05, 0) is 31.5 Å². The number of nitrogens with zero attached hydrogens (tertiary/aromatic N) is 2. The van der Waals surface area contributed by atoms with Crippen molar-refractivity contribution in [2.75, 3.05) is 5.32 Å². The molecule has 0 spiro atoms. The molecule has 1 N–H and O–H groups in total. The van der Waals surface area contributed by atoms with Crippen molar-refractivity contribution in [3.8, 4) is 17.5 Å². The lowest BCUT2D eigenvalue weighted by atomic mass is 10.2. The summed E-state index contributed by atoms with van der Waals surface area (Å²) in [5, 5.41) is 12.1. The summed E-state index contributed by atoms with van der Waals surface area (Å²) in [7, 11) is 0. The number of nitrogens with one attached hydrogen (secondary N) is 1. The maximum atomic E-state index is 13.2. The Balaban J connectivity index is 2.36. The molecule has 0 bridgehead atoms. The van der Waals surface area contributed by atoms with Gasteiger partial charge in [0, 0.05) is 11.6 Å². The lowest BCUT2D eigenvalue weighted by molar-refractivity contribution is 0.571.